The molecular formula is C23H28N4O4S. The molecule has 1 aromatic heterocycles. The van der Waals surface area contributed by atoms with Gasteiger partial charge in [-0.2, -0.15) is 5.10 Å². The van der Waals surface area contributed by atoms with Crippen molar-refractivity contribution in [2.45, 2.75) is 45.2 Å². The largest absolute Gasteiger partial charge is 0.495 e. The molecular weight excluding hydrogens is 428 g/mol. The molecule has 32 heavy (non-hydrogen) atoms. The Bertz CT molecular complexity index is 1220. The van der Waals surface area contributed by atoms with E-state index in [1.807, 2.05) is 36.7 Å². The van der Waals surface area contributed by atoms with Crippen LogP contribution in [0.3, 0.4) is 0 Å². The molecule has 3 aromatic rings. The van der Waals surface area contributed by atoms with Gasteiger partial charge in [0.1, 0.15) is 5.75 Å². The van der Waals surface area contributed by atoms with Gasteiger partial charge in [-0.3, -0.25) is 9.48 Å². The summed E-state index contributed by atoms with van der Waals surface area (Å²) in [7, 11) is -2.25. The van der Waals surface area contributed by atoms with E-state index in [0.29, 0.717) is 17.9 Å². The van der Waals surface area contributed by atoms with Crippen LogP contribution in [0, 0.1) is 13.8 Å². The Hall–Kier alpha value is -3.17. The Morgan fingerprint density at radius 3 is 2.34 bits per heavy atom. The van der Waals surface area contributed by atoms with Crippen LogP contribution in [0.25, 0.3) is 0 Å². The normalized spacial score (nSPS) is 11.6. The third-order valence-corrected chi connectivity index (χ3v) is 6.43. The first-order chi connectivity index (χ1) is 15.1. The molecule has 2 N–H and O–H groups in total. The number of carbonyl (C=O) groups is 1. The van der Waals surface area contributed by atoms with Crippen molar-refractivity contribution < 1.29 is 17.9 Å². The number of hydrogen-bond acceptors (Lipinski definition) is 5. The summed E-state index contributed by atoms with van der Waals surface area (Å²) in [6.07, 6.45) is 0. The fourth-order valence-corrected chi connectivity index (χ4v) is 4.57. The first kappa shape index (κ1) is 23.5. The van der Waals surface area contributed by atoms with Crippen molar-refractivity contribution in [3.63, 3.8) is 0 Å². The van der Waals surface area contributed by atoms with Gasteiger partial charge in [0.2, 0.25) is 10.0 Å². The average molecular weight is 457 g/mol. The molecule has 0 fully saturated rings. The van der Waals surface area contributed by atoms with Gasteiger partial charge in [-0.15, -0.1) is 0 Å². The molecule has 1 heterocycles. The number of hydrogen-bond donors (Lipinski definition) is 2. The van der Waals surface area contributed by atoms with Gasteiger partial charge in [0, 0.05) is 17.3 Å². The van der Waals surface area contributed by atoms with E-state index in [0.717, 1.165) is 17.0 Å². The number of nitrogens with one attached hydrogen (secondary N) is 2. The van der Waals surface area contributed by atoms with Gasteiger partial charge in [0.25, 0.3) is 5.91 Å². The highest BCUT2D eigenvalue weighted by Crippen LogP contribution is 2.28. The second kappa shape index (κ2) is 9.54. The lowest BCUT2D eigenvalue weighted by molar-refractivity contribution is 0.102. The number of anilines is 1. The zero-order chi connectivity index (χ0) is 23.5. The molecule has 0 saturated heterocycles. The van der Waals surface area contributed by atoms with E-state index in [-0.39, 0.29) is 22.5 Å². The van der Waals surface area contributed by atoms with Crippen molar-refractivity contribution in [3.05, 3.63) is 71.0 Å². The lowest BCUT2D eigenvalue weighted by atomic mass is 10.1. The lowest BCUT2D eigenvalue weighted by Crippen LogP contribution is -2.30. The zero-order valence-corrected chi connectivity index (χ0v) is 19.7. The SMILES string of the molecule is COc1ccc(S(=O)(=O)NC(C)C)cc1NC(=O)c1ccc(Cn2nc(C)cc2C)cc1. The maximum Gasteiger partial charge on any atom is 0.255 e. The summed E-state index contributed by atoms with van der Waals surface area (Å²) >= 11 is 0. The van der Waals surface area contributed by atoms with E-state index >= 15 is 0 Å². The maximum absolute atomic E-state index is 12.8. The number of amides is 1. The third kappa shape index (κ3) is 5.54. The highest BCUT2D eigenvalue weighted by atomic mass is 32.2. The minimum Gasteiger partial charge on any atom is -0.495 e. The van der Waals surface area contributed by atoms with Crippen LogP contribution in [-0.4, -0.2) is 37.3 Å². The molecule has 2 aromatic carbocycles. The van der Waals surface area contributed by atoms with Crippen LogP contribution in [0.4, 0.5) is 5.69 Å². The molecule has 0 radical (unpaired) electrons. The van der Waals surface area contributed by atoms with Crippen LogP contribution in [0.1, 0.15) is 41.2 Å². The van der Waals surface area contributed by atoms with Crippen molar-refractivity contribution in [2.75, 3.05) is 12.4 Å². The number of ether oxygens (including phenoxy) is 1. The maximum atomic E-state index is 12.8. The van der Waals surface area contributed by atoms with Crippen molar-refractivity contribution in [1.82, 2.24) is 14.5 Å². The Morgan fingerprint density at radius 2 is 1.78 bits per heavy atom. The highest BCUT2D eigenvalue weighted by Gasteiger charge is 2.19. The molecule has 0 spiro atoms. The van der Waals surface area contributed by atoms with E-state index in [9.17, 15) is 13.2 Å². The lowest BCUT2D eigenvalue weighted by Gasteiger charge is -2.14. The van der Waals surface area contributed by atoms with Gasteiger partial charge < -0.3 is 10.1 Å². The quantitative estimate of drug-likeness (QED) is 0.540. The predicted octanol–water partition coefficient (Wildman–Crippen LogP) is 3.50. The summed E-state index contributed by atoms with van der Waals surface area (Å²) in [5, 5.41) is 7.20. The van der Waals surface area contributed by atoms with Gasteiger partial charge in [0.05, 0.1) is 29.9 Å². The molecule has 170 valence electrons. The second-order valence-corrected chi connectivity index (χ2v) is 9.59. The number of benzene rings is 2. The summed E-state index contributed by atoms with van der Waals surface area (Å²) in [5.41, 5.74) is 3.75. The molecule has 0 aliphatic heterocycles. The summed E-state index contributed by atoms with van der Waals surface area (Å²) in [5.74, 6) is -0.00433. The standard InChI is InChI=1S/C23H28N4O4S/c1-15(2)26-32(29,30)20-10-11-22(31-5)21(13-20)24-23(28)19-8-6-18(7-9-19)14-27-17(4)12-16(3)25-27/h6-13,15,26H,14H2,1-5H3,(H,24,28). The van der Waals surface area contributed by atoms with E-state index in [1.165, 1.54) is 25.3 Å². The highest BCUT2D eigenvalue weighted by molar-refractivity contribution is 7.89. The molecule has 1 amide bonds. The Kier molecular flexibility index (Phi) is 7.00. The van der Waals surface area contributed by atoms with Crippen LogP contribution >= 0.6 is 0 Å². The van der Waals surface area contributed by atoms with E-state index < -0.39 is 10.0 Å². The molecule has 9 heteroatoms. The first-order valence-electron chi connectivity index (χ1n) is 10.2. The Balaban J connectivity index is 1.78. The molecule has 8 nitrogen and oxygen atoms in total. The number of sulfonamides is 1. The average Bonchev–Trinajstić information content (AvgIpc) is 3.04. The van der Waals surface area contributed by atoms with E-state index in [2.05, 4.69) is 15.1 Å². The minimum absolute atomic E-state index is 0.0440. The number of nitrogens with zero attached hydrogens (tertiary/aromatic N) is 2. The van der Waals surface area contributed by atoms with Gasteiger partial charge in [-0.25, -0.2) is 13.1 Å². The van der Waals surface area contributed by atoms with Crippen LogP contribution in [0.2, 0.25) is 0 Å². The van der Waals surface area contributed by atoms with Crippen molar-refractivity contribution in [1.29, 1.82) is 0 Å². The molecule has 0 bridgehead atoms. The van der Waals surface area contributed by atoms with Crippen molar-refractivity contribution >= 4 is 21.6 Å². The first-order valence-corrected chi connectivity index (χ1v) is 11.7. The van der Waals surface area contributed by atoms with Crippen LogP contribution in [0.15, 0.2) is 53.4 Å². The van der Waals surface area contributed by atoms with Gasteiger partial charge in [-0.1, -0.05) is 12.1 Å². The predicted molar refractivity (Wildman–Crippen MR) is 124 cm³/mol. The molecule has 0 aliphatic carbocycles. The Morgan fingerprint density at radius 1 is 1.09 bits per heavy atom. The summed E-state index contributed by atoms with van der Waals surface area (Å²) in [4.78, 5) is 12.8. The number of aromatic nitrogens is 2. The monoisotopic (exact) mass is 456 g/mol. The smallest absolute Gasteiger partial charge is 0.255 e. The number of carbonyl (C=O) groups excluding carboxylic acids is 1. The molecule has 0 atom stereocenters. The van der Waals surface area contributed by atoms with Crippen molar-refractivity contribution in [2.24, 2.45) is 0 Å². The van der Waals surface area contributed by atoms with Crippen LogP contribution in [0.5, 0.6) is 5.75 Å². The van der Waals surface area contributed by atoms with E-state index in [4.69, 9.17) is 4.74 Å². The number of rotatable bonds is 8. The summed E-state index contributed by atoms with van der Waals surface area (Å²) < 4.78 is 34.7. The molecule has 0 aliphatic rings. The second-order valence-electron chi connectivity index (χ2n) is 7.87. The van der Waals surface area contributed by atoms with Gasteiger partial charge >= 0.3 is 0 Å². The zero-order valence-electron chi connectivity index (χ0n) is 18.8. The summed E-state index contributed by atoms with van der Waals surface area (Å²) in [6, 6.07) is 13.3. The van der Waals surface area contributed by atoms with Gasteiger partial charge in [0.15, 0.2) is 0 Å². The summed E-state index contributed by atoms with van der Waals surface area (Å²) in [6.45, 7) is 8.03. The molecule has 0 saturated carbocycles. The van der Waals surface area contributed by atoms with Crippen molar-refractivity contribution in [3.8, 4) is 5.75 Å². The number of aryl methyl sites for hydroxylation is 2. The fourth-order valence-electron chi connectivity index (χ4n) is 3.29. The molecule has 0 unspecified atom stereocenters. The fraction of sp³-hybridized carbons (Fsp3) is 0.304. The topological polar surface area (TPSA) is 102 Å². The van der Waals surface area contributed by atoms with Crippen LogP contribution < -0.4 is 14.8 Å². The van der Waals surface area contributed by atoms with Gasteiger partial charge in [-0.05, 0) is 69.7 Å². The Labute approximate surface area is 188 Å². The number of methoxy groups -OCH3 is 1. The molecule has 3 rings (SSSR count). The minimum atomic E-state index is -3.71. The van der Waals surface area contributed by atoms with Crippen LogP contribution in [-0.2, 0) is 16.6 Å². The van der Waals surface area contributed by atoms with E-state index in [1.54, 1.807) is 26.0 Å². The third-order valence-electron chi connectivity index (χ3n) is 4.77.